The lowest BCUT2D eigenvalue weighted by Gasteiger charge is -2.18. The molecule has 0 aliphatic rings. The van der Waals surface area contributed by atoms with Gasteiger partial charge < -0.3 is 10.9 Å². The zero-order valence-electron chi connectivity index (χ0n) is 8.27. The lowest BCUT2D eigenvalue weighted by Crippen LogP contribution is -2.40. The van der Waals surface area contributed by atoms with Gasteiger partial charge in [0.25, 0.3) is 10.2 Å². The number of oxime groups is 1. The first-order valence-corrected chi connectivity index (χ1v) is 5.57. The molecule has 0 aliphatic carbocycles. The molecule has 7 nitrogen and oxygen atoms in total. The molecule has 0 aromatic heterocycles. The lowest BCUT2D eigenvalue weighted by atomic mass is 10.4. The molecule has 0 bridgehead atoms. The number of hydrogen-bond donors (Lipinski definition) is 3. The summed E-state index contributed by atoms with van der Waals surface area (Å²) in [4.78, 5) is 0. The molecule has 0 fully saturated rings. The van der Waals surface area contributed by atoms with E-state index in [4.69, 9.17) is 10.9 Å². The summed E-state index contributed by atoms with van der Waals surface area (Å²) in [6, 6.07) is 0. The monoisotopic (exact) mass is 224 g/mol. The van der Waals surface area contributed by atoms with E-state index in [9.17, 15) is 8.42 Å². The van der Waals surface area contributed by atoms with Gasteiger partial charge in [0.2, 0.25) is 0 Å². The highest BCUT2D eigenvalue weighted by Gasteiger charge is 2.17. The Balaban J connectivity index is 4.32. The van der Waals surface area contributed by atoms with Gasteiger partial charge >= 0.3 is 0 Å². The Morgan fingerprint density at radius 2 is 2.21 bits per heavy atom. The Morgan fingerprint density at radius 3 is 2.57 bits per heavy atom. The average molecular weight is 224 g/mol. The van der Waals surface area contributed by atoms with Crippen molar-refractivity contribution in [3.63, 3.8) is 0 Å². The number of nitrogens with one attached hydrogen (secondary N) is 1. The van der Waals surface area contributed by atoms with Crippen LogP contribution < -0.4 is 10.5 Å². The minimum Gasteiger partial charge on any atom is -0.409 e. The molecule has 0 heterocycles. The number of amidine groups is 1. The summed E-state index contributed by atoms with van der Waals surface area (Å²) in [6.07, 6.45) is 0.200. The maximum Gasteiger partial charge on any atom is 0.279 e. The molecule has 0 saturated heterocycles. The molecule has 0 aliphatic heterocycles. The number of rotatable bonds is 6. The third kappa shape index (κ3) is 3.90. The van der Waals surface area contributed by atoms with E-state index in [1.807, 2.05) is 0 Å². The highest BCUT2D eigenvalue weighted by Crippen LogP contribution is 1.98. The van der Waals surface area contributed by atoms with E-state index in [0.717, 1.165) is 0 Å². The van der Waals surface area contributed by atoms with Crippen LogP contribution in [-0.4, -0.2) is 43.9 Å². The normalized spacial score (nSPS) is 13.5. The molecule has 0 aromatic rings. The molecule has 84 valence electrons. The number of hydrogen-bond acceptors (Lipinski definition) is 4. The van der Waals surface area contributed by atoms with Crippen molar-refractivity contribution in [2.75, 3.05) is 20.1 Å². The Labute approximate surface area is 83.8 Å². The van der Waals surface area contributed by atoms with Gasteiger partial charge in [-0.25, -0.2) is 4.72 Å². The van der Waals surface area contributed by atoms with Gasteiger partial charge in [0.05, 0.1) is 0 Å². The standard InChI is InChI=1S/C6H16N4O3S/c1-3-10(14(12,13)8-2)5-4-6(7)9-11/h8,11H,3-5H2,1-2H3,(H2,7,9). The van der Waals surface area contributed by atoms with Crippen LogP contribution >= 0.6 is 0 Å². The Morgan fingerprint density at radius 1 is 1.64 bits per heavy atom. The quantitative estimate of drug-likeness (QED) is 0.230. The molecule has 0 amide bonds. The molecule has 8 heteroatoms. The Kier molecular flexibility index (Phi) is 5.43. The first-order chi connectivity index (χ1) is 6.47. The first kappa shape index (κ1) is 13.1. The predicted molar refractivity (Wildman–Crippen MR) is 53.3 cm³/mol. The summed E-state index contributed by atoms with van der Waals surface area (Å²) in [6.45, 7) is 2.23. The molecular formula is C6H16N4O3S. The van der Waals surface area contributed by atoms with E-state index in [1.165, 1.54) is 11.4 Å². The van der Waals surface area contributed by atoms with Gasteiger partial charge in [0.1, 0.15) is 5.84 Å². The topological polar surface area (TPSA) is 108 Å². The lowest BCUT2D eigenvalue weighted by molar-refractivity contribution is 0.315. The van der Waals surface area contributed by atoms with Gasteiger partial charge in [0, 0.05) is 26.6 Å². The summed E-state index contributed by atoms with van der Waals surface area (Å²) >= 11 is 0. The molecule has 4 N–H and O–H groups in total. The van der Waals surface area contributed by atoms with Gasteiger partial charge in [-0.3, -0.25) is 0 Å². The van der Waals surface area contributed by atoms with Crippen LogP contribution in [0.2, 0.25) is 0 Å². The predicted octanol–water partition coefficient (Wildman–Crippen LogP) is -1.09. The molecule has 0 spiro atoms. The molecule has 0 unspecified atom stereocenters. The van der Waals surface area contributed by atoms with Gasteiger partial charge in [0.15, 0.2) is 0 Å². The van der Waals surface area contributed by atoms with Crippen LogP contribution in [-0.2, 0) is 10.2 Å². The van der Waals surface area contributed by atoms with E-state index in [2.05, 4.69) is 9.88 Å². The SMILES string of the molecule is CCN(CCC(N)=NO)S(=O)(=O)NC. The minimum absolute atomic E-state index is 0.00903. The van der Waals surface area contributed by atoms with Crippen molar-refractivity contribution in [3.05, 3.63) is 0 Å². The fraction of sp³-hybridized carbons (Fsp3) is 0.833. The molecule has 0 radical (unpaired) electrons. The molecule has 0 atom stereocenters. The zero-order valence-corrected chi connectivity index (χ0v) is 9.08. The van der Waals surface area contributed by atoms with Crippen LogP contribution in [0.15, 0.2) is 5.16 Å². The maximum atomic E-state index is 11.3. The van der Waals surface area contributed by atoms with E-state index in [1.54, 1.807) is 6.92 Å². The van der Waals surface area contributed by atoms with Crippen LogP contribution in [0.25, 0.3) is 0 Å². The molecule has 0 saturated carbocycles. The minimum atomic E-state index is -3.42. The van der Waals surface area contributed by atoms with Crippen LogP contribution in [0.4, 0.5) is 0 Å². The van der Waals surface area contributed by atoms with Crippen LogP contribution in [0, 0.1) is 0 Å². The molecule has 14 heavy (non-hydrogen) atoms. The first-order valence-electron chi connectivity index (χ1n) is 4.13. The summed E-state index contributed by atoms with van der Waals surface area (Å²) in [5.74, 6) is 0.00903. The van der Waals surface area contributed by atoms with Gasteiger partial charge in [-0.2, -0.15) is 12.7 Å². The van der Waals surface area contributed by atoms with E-state index in [-0.39, 0.29) is 18.8 Å². The zero-order chi connectivity index (χ0) is 11.2. The van der Waals surface area contributed by atoms with Crippen molar-refractivity contribution in [1.82, 2.24) is 9.03 Å². The van der Waals surface area contributed by atoms with Crippen LogP contribution in [0.1, 0.15) is 13.3 Å². The highest BCUT2D eigenvalue weighted by molar-refractivity contribution is 7.87. The maximum absolute atomic E-state index is 11.3. The molecular weight excluding hydrogens is 208 g/mol. The van der Waals surface area contributed by atoms with Crippen molar-refractivity contribution >= 4 is 16.0 Å². The van der Waals surface area contributed by atoms with Crippen molar-refractivity contribution in [1.29, 1.82) is 0 Å². The second-order valence-corrected chi connectivity index (χ2v) is 4.42. The molecule has 0 aromatic carbocycles. The number of nitrogens with two attached hydrogens (primary N) is 1. The van der Waals surface area contributed by atoms with E-state index in [0.29, 0.717) is 6.54 Å². The molecule has 0 rings (SSSR count). The van der Waals surface area contributed by atoms with E-state index < -0.39 is 10.2 Å². The highest BCUT2D eigenvalue weighted by atomic mass is 32.2. The smallest absolute Gasteiger partial charge is 0.279 e. The second-order valence-electron chi connectivity index (χ2n) is 2.54. The van der Waals surface area contributed by atoms with E-state index >= 15 is 0 Å². The van der Waals surface area contributed by atoms with Crippen molar-refractivity contribution in [3.8, 4) is 0 Å². The average Bonchev–Trinajstić information content (AvgIpc) is 2.18. The summed E-state index contributed by atoms with van der Waals surface area (Å²) in [5, 5.41) is 11.0. The summed E-state index contributed by atoms with van der Waals surface area (Å²) < 4.78 is 26.0. The number of nitrogens with zero attached hydrogens (tertiary/aromatic N) is 2. The van der Waals surface area contributed by atoms with Gasteiger partial charge in [-0.1, -0.05) is 12.1 Å². The van der Waals surface area contributed by atoms with Crippen molar-refractivity contribution in [2.24, 2.45) is 10.9 Å². The van der Waals surface area contributed by atoms with Gasteiger partial charge in [-0.05, 0) is 0 Å². The second kappa shape index (κ2) is 5.78. The van der Waals surface area contributed by atoms with Crippen molar-refractivity contribution in [2.45, 2.75) is 13.3 Å². The largest absolute Gasteiger partial charge is 0.409 e. The third-order valence-electron chi connectivity index (χ3n) is 1.70. The summed E-state index contributed by atoms with van der Waals surface area (Å²) in [7, 11) is -2.09. The van der Waals surface area contributed by atoms with Crippen molar-refractivity contribution < 1.29 is 13.6 Å². The Hall–Kier alpha value is -0.860. The van der Waals surface area contributed by atoms with Crippen LogP contribution in [0.3, 0.4) is 0 Å². The van der Waals surface area contributed by atoms with Crippen LogP contribution in [0.5, 0.6) is 0 Å². The Bertz CT molecular complexity index is 287. The third-order valence-corrected chi connectivity index (χ3v) is 3.33. The fourth-order valence-electron chi connectivity index (χ4n) is 0.867. The van der Waals surface area contributed by atoms with Gasteiger partial charge in [-0.15, -0.1) is 0 Å². The fourth-order valence-corrected chi connectivity index (χ4v) is 1.80. The summed E-state index contributed by atoms with van der Waals surface area (Å²) in [5.41, 5.74) is 5.22.